The Balaban J connectivity index is 2.24. The highest BCUT2D eigenvalue weighted by Crippen LogP contribution is 2.36. The van der Waals surface area contributed by atoms with Crippen LogP contribution in [0.1, 0.15) is 61.3 Å². The molecule has 0 saturated heterocycles. The van der Waals surface area contributed by atoms with Crippen molar-refractivity contribution in [2.45, 2.75) is 58.5 Å². The van der Waals surface area contributed by atoms with E-state index in [1.54, 1.807) is 0 Å². The van der Waals surface area contributed by atoms with Crippen molar-refractivity contribution in [3.8, 4) is 0 Å². The molecule has 0 radical (unpaired) electrons. The lowest BCUT2D eigenvalue weighted by molar-refractivity contribution is 0.0946. The molecule has 0 spiro atoms. The Morgan fingerprint density at radius 2 is 1.72 bits per heavy atom. The van der Waals surface area contributed by atoms with Gasteiger partial charge >= 0.3 is 0 Å². The summed E-state index contributed by atoms with van der Waals surface area (Å²) in [5.41, 5.74) is 2.32. The third-order valence-electron chi connectivity index (χ3n) is 4.12. The first kappa shape index (κ1) is 13.5. The van der Waals surface area contributed by atoms with Gasteiger partial charge in [-0.3, -0.25) is 0 Å². The van der Waals surface area contributed by atoms with E-state index in [4.69, 9.17) is 0 Å². The van der Waals surface area contributed by atoms with E-state index in [2.05, 4.69) is 0 Å². The molecule has 1 saturated carbocycles. The summed E-state index contributed by atoms with van der Waals surface area (Å²) < 4.78 is 14.1. The van der Waals surface area contributed by atoms with E-state index in [1.165, 1.54) is 18.9 Å². The standard InChI is InChI=1S/C16H23FO/c1-11-9-12(2)15(14(17)10-11)16(18)13-7-5-3-4-6-8-13/h9-10,13,16,18H,3-8H2,1-2H3. The van der Waals surface area contributed by atoms with Crippen LogP contribution in [0.3, 0.4) is 0 Å². The van der Waals surface area contributed by atoms with Crippen molar-refractivity contribution in [2.24, 2.45) is 5.92 Å². The second-order valence-electron chi connectivity index (χ2n) is 5.67. The second kappa shape index (κ2) is 5.83. The smallest absolute Gasteiger partial charge is 0.129 e. The van der Waals surface area contributed by atoms with E-state index in [0.29, 0.717) is 5.56 Å². The third-order valence-corrected chi connectivity index (χ3v) is 4.12. The SMILES string of the molecule is Cc1cc(C)c(C(O)C2CCCCCC2)c(F)c1. The van der Waals surface area contributed by atoms with Crippen LogP contribution < -0.4 is 0 Å². The number of aryl methyl sites for hydroxylation is 2. The zero-order valence-electron chi connectivity index (χ0n) is 11.4. The lowest BCUT2D eigenvalue weighted by Crippen LogP contribution is -2.15. The van der Waals surface area contributed by atoms with Gasteiger partial charge in [0.25, 0.3) is 0 Å². The minimum atomic E-state index is -0.635. The summed E-state index contributed by atoms with van der Waals surface area (Å²) in [5.74, 6) is -0.0207. The van der Waals surface area contributed by atoms with E-state index < -0.39 is 6.10 Å². The Morgan fingerprint density at radius 3 is 2.28 bits per heavy atom. The van der Waals surface area contributed by atoms with Crippen LogP contribution in [0, 0.1) is 25.6 Å². The quantitative estimate of drug-likeness (QED) is 0.769. The number of halogens is 1. The van der Waals surface area contributed by atoms with E-state index in [-0.39, 0.29) is 11.7 Å². The number of aliphatic hydroxyl groups is 1. The molecule has 0 aromatic heterocycles. The van der Waals surface area contributed by atoms with Crippen molar-refractivity contribution in [3.63, 3.8) is 0 Å². The maximum atomic E-state index is 14.1. The average Bonchev–Trinajstić information content (AvgIpc) is 2.55. The molecule has 0 amide bonds. The fraction of sp³-hybridized carbons (Fsp3) is 0.625. The van der Waals surface area contributed by atoms with Gasteiger partial charge in [-0.2, -0.15) is 0 Å². The molecule has 1 N–H and O–H groups in total. The number of hydrogen-bond acceptors (Lipinski definition) is 1. The lowest BCUT2D eigenvalue weighted by atomic mass is 9.87. The van der Waals surface area contributed by atoms with Crippen LogP contribution in [0.15, 0.2) is 12.1 Å². The molecule has 0 heterocycles. The maximum Gasteiger partial charge on any atom is 0.129 e. The molecule has 0 aliphatic heterocycles. The van der Waals surface area contributed by atoms with Crippen LogP contribution in [-0.2, 0) is 0 Å². The van der Waals surface area contributed by atoms with Crippen LogP contribution in [0.4, 0.5) is 4.39 Å². The highest BCUT2D eigenvalue weighted by Gasteiger charge is 2.25. The Kier molecular flexibility index (Phi) is 4.39. The third kappa shape index (κ3) is 2.92. The van der Waals surface area contributed by atoms with Crippen LogP contribution in [0.25, 0.3) is 0 Å². The Hall–Kier alpha value is -0.890. The Morgan fingerprint density at radius 1 is 1.11 bits per heavy atom. The molecule has 1 aliphatic carbocycles. The van der Waals surface area contributed by atoms with Gasteiger partial charge in [0.05, 0.1) is 6.10 Å². The molecule has 1 unspecified atom stereocenters. The van der Waals surface area contributed by atoms with Gasteiger partial charge in [-0.15, -0.1) is 0 Å². The van der Waals surface area contributed by atoms with Gasteiger partial charge < -0.3 is 5.11 Å². The molecule has 18 heavy (non-hydrogen) atoms. The normalized spacial score (nSPS) is 19.6. The molecule has 100 valence electrons. The van der Waals surface area contributed by atoms with Gasteiger partial charge in [0.15, 0.2) is 0 Å². The minimum Gasteiger partial charge on any atom is -0.388 e. The summed E-state index contributed by atoms with van der Waals surface area (Å²) in [4.78, 5) is 0. The van der Waals surface area contributed by atoms with Crippen molar-refractivity contribution in [1.82, 2.24) is 0 Å². The van der Waals surface area contributed by atoms with E-state index in [1.807, 2.05) is 19.9 Å². The zero-order chi connectivity index (χ0) is 13.1. The maximum absolute atomic E-state index is 14.1. The lowest BCUT2D eigenvalue weighted by Gasteiger charge is -2.23. The van der Waals surface area contributed by atoms with Gasteiger partial charge in [0.2, 0.25) is 0 Å². The number of rotatable bonds is 2. The van der Waals surface area contributed by atoms with E-state index in [9.17, 15) is 9.50 Å². The van der Waals surface area contributed by atoms with Crippen molar-refractivity contribution < 1.29 is 9.50 Å². The van der Waals surface area contributed by atoms with Crippen LogP contribution in [0.2, 0.25) is 0 Å². The van der Waals surface area contributed by atoms with Crippen molar-refractivity contribution >= 4 is 0 Å². The minimum absolute atomic E-state index is 0.225. The summed E-state index contributed by atoms with van der Waals surface area (Å²) >= 11 is 0. The van der Waals surface area contributed by atoms with Crippen LogP contribution in [-0.4, -0.2) is 5.11 Å². The predicted molar refractivity (Wildman–Crippen MR) is 72.0 cm³/mol. The Bertz CT molecular complexity index is 383. The van der Waals surface area contributed by atoms with Gasteiger partial charge in [-0.05, 0) is 49.8 Å². The van der Waals surface area contributed by atoms with Crippen molar-refractivity contribution in [1.29, 1.82) is 0 Å². The fourth-order valence-electron chi connectivity index (χ4n) is 3.16. The molecule has 1 aliphatic rings. The number of benzene rings is 1. The highest BCUT2D eigenvalue weighted by atomic mass is 19.1. The molecule has 2 rings (SSSR count). The second-order valence-corrected chi connectivity index (χ2v) is 5.67. The van der Waals surface area contributed by atoms with Crippen molar-refractivity contribution in [3.05, 3.63) is 34.6 Å². The van der Waals surface area contributed by atoms with Crippen LogP contribution in [0.5, 0.6) is 0 Å². The molecule has 1 atom stereocenters. The van der Waals surface area contributed by atoms with E-state index in [0.717, 1.165) is 36.8 Å². The average molecular weight is 250 g/mol. The number of aliphatic hydroxyl groups excluding tert-OH is 1. The summed E-state index contributed by atoms with van der Waals surface area (Å²) in [6.45, 7) is 3.78. The summed E-state index contributed by atoms with van der Waals surface area (Å²) in [6, 6.07) is 3.49. The van der Waals surface area contributed by atoms with Gasteiger partial charge in [-0.25, -0.2) is 4.39 Å². The van der Waals surface area contributed by atoms with E-state index >= 15 is 0 Å². The molecule has 1 aromatic rings. The Labute approximate surface area is 109 Å². The topological polar surface area (TPSA) is 20.2 Å². The molecular weight excluding hydrogens is 227 g/mol. The van der Waals surface area contributed by atoms with Gasteiger partial charge in [0.1, 0.15) is 5.82 Å². The monoisotopic (exact) mass is 250 g/mol. The molecule has 0 bridgehead atoms. The molecule has 1 nitrogen and oxygen atoms in total. The first-order valence-electron chi connectivity index (χ1n) is 7.04. The first-order valence-corrected chi connectivity index (χ1v) is 7.04. The predicted octanol–water partition coefficient (Wildman–Crippen LogP) is 4.45. The molecular formula is C16H23FO. The summed E-state index contributed by atoms with van der Waals surface area (Å²) in [6.07, 6.45) is 6.23. The first-order chi connectivity index (χ1) is 8.59. The fourth-order valence-corrected chi connectivity index (χ4v) is 3.16. The largest absolute Gasteiger partial charge is 0.388 e. The van der Waals surface area contributed by atoms with Crippen molar-refractivity contribution in [2.75, 3.05) is 0 Å². The summed E-state index contributed by atoms with van der Waals surface area (Å²) in [7, 11) is 0. The summed E-state index contributed by atoms with van der Waals surface area (Å²) in [5, 5.41) is 10.5. The molecule has 2 heteroatoms. The highest BCUT2D eigenvalue weighted by molar-refractivity contribution is 5.33. The van der Waals surface area contributed by atoms with Gasteiger partial charge in [0, 0.05) is 5.56 Å². The van der Waals surface area contributed by atoms with Crippen LogP contribution >= 0.6 is 0 Å². The number of hydrogen-bond donors (Lipinski definition) is 1. The molecule has 1 aromatic carbocycles. The van der Waals surface area contributed by atoms with Gasteiger partial charge in [-0.1, -0.05) is 31.7 Å². The zero-order valence-corrected chi connectivity index (χ0v) is 11.4. The molecule has 1 fully saturated rings.